The number of rotatable bonds is 5. The molecule has 8 nitrogen and oxygen atoms in total. The molecule has 0 saturated heterocycles. The summed E-state index contributed by atoms with van der Waals surface area (Å²) in [6.45, 7) is 7.09. The summed E-state index contributed by atoms with van der Waals surface area (Å²) >= 11 is 0. The summed E-state index contributed by atoms with van der Waals surface area (Å²) < 4.78 is 47.6. The minimum Gasteiger partial charge on any atom is -0.497 e. The summed E-state index contributed by atoms with van der Waals surface area (Å²) in [4.78, 5) is 32.4. The molecule has 35 heavy (non-hydrogen) atoms. The Kier molecular flexibility index (Phi) is 7.49. The SMILES string of the molecule is CNC(=O)C(NC(=O)c1nc(-c2cc(OC)cc(C(F)(F)F)c2)n2c1CN(C)CCC2)C(C)(C)C. The van der Waals surface area contributed by atoms with Crippen molar-refractivity contribution in [1.82, 2.24) is 25.1 Å². The van der Waals surface area contributed by atoms with Crippen LogP contribution in [0.25, 0.3) is 11.4 Å². The summed E-state index contributed by atoms with van der Waals surface area (Å²) in [7, 11) is 4.69. The molecule has 2 amide bonds. The number of nitrogens with one attached hydrogen (secondary N) is 2. The number of likely N-dealkylation sites (N-methyl/N-ethyl adjacent to an activating group) is 1. The molecule has 0 spiro atoms. The van der Waals surface area contributed by atoms with Gasteiger partial charge >= 0.3 is 6.18 Å². The van der Waals surface area contributed by atoms with Crippen molar-refractivity contribution >= 4 is 11.8 Å². The van der Waals surface area contributed by atoms with Gasteiger partial charge in [0.2, 0.25) is 5.91 Å². The molecule has 2 heterocycles. The maximum absolute atomic E-state index is 13.6. The predicted octanol–water partition coefficient (Wildman–Crippen LogP) is 3.30. The summed E-state index contributed by atoms with van der Waals surface area (Å²) in [5, 5.41) is 5.35. The topological polar surface area (TPSA) is 88.5 Å². The van der Waals surface area contributed by atoms with E-state index in [1.165, 1.54) is 20.2 Å². The van der Waals surface area contributed by atoms with Gasteiger partial charge in [0.25, 0.3) is 5.91 Å². The van der Waals surface area contributed by atoms with Gasteiger partial charge in [0, 0.05) is 25.7 Å². The van der Waals surface area contributed by atoms with Crippen LogP contribution in [0.15, 0.2) is 18.2 Å². The number of fused-ring (bicyclic) bond motifs is 1. The number of carbonyl (C=O) groups is 2. The van der Waals surface area contributed by atoms with E-state index in [1.807, 2.05) is 32.7 Å². The lowest BCUT2D eigenvalue weighted by molar-refractivity contribution is -0.137. The molecule has 0 aliphatic carbocycles. The van der Waals surface area contributed by atoms with Crippen molar-refractivity contribution in [1.29, 1.82) is 0 Å². The third kappa shape index (κ3) is 5.77. The molecule has 1 aliphatic heterocycles. The van der Waals surface area contributed by atoms with Crippen LogP contribution in [-0.4, -0.2) is 60.1 Å². The average Bonchev–Trinajstić information content (AvgIpc) is 3.01. The Morgan fingerprint density at radius 3 is 2.40 bits per heavy atom. The monoisotopic (exact) mass is 495 g/mol. The van der Waals surface area contributed by atoms with E-state index in [0.29, 0.717) is 18.8 Å². The Morgan fingerprint density at radius 2 is 1.83 bits per heavy atom. The Labute approximate surface area is 202 Å². The number of hydrogen-bond donors (Lipinski definition) is 2. The lowest BCUT2D eigenvalue weighted by Gasteiger charge is -2.29. The molecule has 3 rings (SSSR count). The van der Waals surface area contributed by atoms with Gasteiger partial charge in [0.15, 0.2) is 5.69 Å². The zero-order valence-corrected chi connectivity index (χ0v) is 20.8. The fourth-order valence-corrected chi connectivity index (χ4v) is 4.15. The highest BCUT2D eigenvalue weighted by molar-refractivity contribution is 5.98. The molecular formula is C24H32F3N5O3. The van der Waals surface area contributed by atoms with Gasteiger partial charge in [0.1, 0.15) is 17.6 Å². The van der Waals surface area contributed by atoms with Gasteiger partial charge in [-0.05, 0) is 43.6 Å². The number of amides is 2. The Morgan fingerprint density at radius 1 is 1.14 bits per heavy atom. The molecular weight excluding hydrogens is 463 g/mol. The molecule has 0 radical (unpaired) electrons. The molecule has 0 fully saturated rings. The first kappa shape index (κ1) is 26.5. The van der Waals surface area contributed by atoms with Gasteiger partial charge in [-0.2, -0.15) is 13.2 Å². The molecule has 2 N–H and O–H groups in total. The van der Waals surface area contributed by atoms with Gasteiger partial charge in [-0.1, -0.05) is 20.8 Å². The normalized spacial score (nSPS) is 15.7. The van der Waals surface area contributed by atoms with Crippen molar-refractivity contribution in [2.24, 2.45) is 5.41 Å². The highest BCUT2D eigenvalue weighted by Crippen LogP contribution is 2.36. The Balaban J connectivity index is 2.15. The number of nitrogens with zero attached hydrogens (tertiary/aromatic N) is 3. The van der Waals surface area contributed by atoms with E-state index in [1.54, 1.807) is 4.57 Å². The van der Waals surface area contributed by atoms with Crippen LogP contribution in [-0.2, 0) is 24.1 Å². The largest absolute Gasteiger partial charge is 0.497 e. The minimum atomic E-state index is -4.58. The lowest BCUT2D eigenvalue weighted by Crippen LogP contribution is -2.53. The minimum absolute atomic E-state index is 0.0383. The second-order valence-electron chi connectivity index (χ2n) is 9.81. The van der Waals surface area contributed by atoms with E-state index in [0.717, 1.165) is 25.1 Å². The second-order valence-corrected chi connectivity index (χ2v) is 9.81. The molecule has 0 bridgehead atoms. The second kappa shape index (κ2) is 9.88. The van der Waals surface area contributed by atoms with Gasteiger partial charge in [-0.15, -0.1) is 0 Å². The molecule has 2 aromatic rings. The van der Waals surface area contributed by atoms with Crippen LogP contribution >= 0.6 is 0 Å². The summed E-state index contributed by atoms with van der Waals surface area (Å²) in [6.07, 6.45) is -3.85. The number of ether oxygens (including phenoxy) is 1. The van der Waals surface area contributed by atoms with Crippen molar-refractivity contribution in [3.05, 3.63) is 35.2 Å². The summed E-state index contributed by atoms with van der Waals surface area (Å²) in [5.74, 6) is -0.623. The van der Waals surface area contributed by atoms with E-state index in [2.05, 4.69) is 15.6 Å². The quantitative estimate of drug-likeness (QED) is 0.665. The van der Waals surface area contributed by atoms with Gasteiger partial charge in [-0.25, -0.2) is 4.98 Å². The van der Waals surface area contributed by atoms with Crippen LogP contribution in [0.1, 0.15) is 48.9 Å². The van der Waals surface area contributed by atoms with E-state index >= 15 is 0 Å². The number of aromatic nitrogens is 2. The smallest absolute Gasteiger partial charge is 0.416 e. The highest BCUT2D eigenvalue weighted by atomic mass is 19.4. The number of carbonyl (C=O) groups excluding carboxylic acids is 2. The van der Waals surface area contributed by atoms with Crippen LogP contribution in [0, 0.1) is 5.41 Å². The number of halogens is 3. The summed E-state index contributed by atoms with van der Waals surface area (Å²) in [5.41, 5.74) is -0.587. The van der Waals surface area contributed by atoms with Crippen LogP contribution in [0.3, 0.4) is 0 Å². The number of imidazole rings is 1. The fraction of sp³-hybridized carbons (Fsp3) is 0.542. The molecule has 1 aromatic heterocycles. The molecule has 1 unspecified atom stereocenters. The number of benzene rings is 1. The highest BCUT2D eigenvalue weighted by Gasteiger charge is 2.36. The molecule has 1 aliphatic rings. The maximum Gasteiger partial charge on any atom is 0.416 e. The molecule has 192 valence electrons. The number of alkyl halides is 3. The third-order valence-corrected chi connectivity index (χ3v) is 6.01. The van der Waals surface area contributed by atoms with Gasteiger partial charge in [0.05, 0.1) is 18.4 Å². The van der Waals surface area contributed by atoms with E-state index in [9.17, 15) is 22.8 Å². The number of hydrogen-bond acceptors (Lipinski definition) is 5. The van der Waals surface area contributed by atoms with Gasteiger partial charge < -0.3 is 24.8 Å². The summed E-state index contributed by atoms with van der Waals surface area (Å²) in [6, 6.07) is 2.58. The van der Waals surface area contributed by atoms with Crippen LogP contribution in [0.2, 0.25) is 0 Å². The van der Waals surface area contributed by atoms with E-state index in [-0.39, 0.29) is 28.7 Å². The van der Waals surface area contributed by atoms with Crippen molar-refractivity contribution in [3.63, 3.8) is 0 Å². The standard InChI is InChI=1S/C24H32F3N5O3/c1-23(2,3)19(22(34)28-4)30-21(33)18-17-13-31(5)8-7-9-32(17)20(29-18)14-10-15(24(25,26)27)12-16(11-14)35-6/h10-12,19H,7-9,13H2,1-6H3,(H,28,34)(H,30,33). The zero-order valence-electron chi connectivity index (χ0n) is 20.8. The lowest BCUT2D eigenvalue weighted by atomic mass is 9.86. The van der Waals surface area contributed by atoms with Crippen molar-refractivity contribution < 1.29 is 27.5 Å². The van der Waals surface area contributed by atoms with Crippen LogP contribution in [0.4, 0.5) is 13.2 Å². The van der Waals surface area contributed by atoms with Crippen LogP contribution < -0.4 is 15.4 Å². The van der Waals surface area contributed by atoms with E-state index < -0.39 is 29.1 Å². The fourth-order valence-electron chi connectivity index (χ4n) is 4.15. The first-order valence-corrected chi connectivity index (χ1v) is 11.3. The zero-order chi connectivity index (χ0) is 26.1. The first-order chi connectivity index (χ1) is 16.3. The maximum atomic E-state index is 13.6. The van der Waals surface area contributed by atoms with Crippen molar-refractivity contribution in [2.45, 2.75) is 52.5 Å². The molecule has 0 saturated carbocycles. The predicted molar refractivity (Wildman–Crippen MR) is 125 cm³/mol. The Hall–Kier alpha value is -3.08. The average molecular weight is 496 g/mol. The molecule has 1 aromatic carbocycles. The molecule has 11 heteroatoms. The van der Waals surface area contributed by atoms with Crippen molar-refractivity contribution in [3.8, 4) is 17.1 Å². The number of methoxy groups -OCH3 is 1. The first-order valence-electron chi connectivity index (χ1n) is 11.3. The van der Waals surface area contributed by atoms with Crippen molar-refractivity contribution in [2.75, 3.05) is 27.7 Å². The van der Waals surface area contributed by atoms with Gasteiger partial charge in [-0.3, -0.25) is 9.59 Å². The Bertz CT molecular complexity index is 1110. The van der Waals surface area contributed by atoms with Crippen LogP contribution in [0.5, 0.6) is 5.75 Å². The van der Waals surface area contributed by atoms with E-state index in [4.69, 9.17) is 4.74 Å². The molecule has 1 atom stereocenters. The third-order valence-electron chi connectivity index (χ3n) is 6.01.